The standard InChI is InChI=1S/C21H37N5O/c1-21(2,17-25(4)5)16-24-20(22-3)23-14-18-8-6-7-9-19(18)15-26-10-12-27-13-11-26/h6-9H,10-17H2,1-5H3,(H2,22,23,24). The van der Waals surface area contributed by atoms with Gasteiger partial charge >= 0.3 is 0 Å². The molecule has 1 aromatic carbocycles. The maximum absolute atomic E-state index is 5.46. The molecule has 2 N–H and O–H groups in total. The summed E-state index contributed by atoms with van der Waals surface area (Å²) < 4.78 is 5.46. The summed E-state index contributed by atoms with van der Waals surface area (Å²) in [4.78, 5) is 9.06. The van der Waals surface area contributed by atoms with Crippen molar-refractivity contribution < 1.29 is 4.74 Å². The number of hydrogen-bond donors (Lipinski definition) is 2. The van der Waals surface area contributed by atoms with Gasteiger partial charge in [-0.3, -0.25) is 9.89 Å². The lowest BCUT2D eigenvalue weighted by atomic mass is 9.93. The second kappa shape index (κ2) is 10.6. The fourth-order valence-electron chi connectivity index (χ4n) is 3.52. The van der Waals surface area contributed by atoms with Crippen molar-refractivity contribution in [2.45, 2.75) is 26.9 Å². The van der Waals surface area contributed by atoms with Gasteiger partial charge in [-0.05, 0) is 30.6 Å². The number of morpholine rings is 1. The Kier molecular flexibility index (Phi) is 8.54. The van der Waals surface area contributed by atoms with Crippen LogP contribution in [0.4, 0.5) is 0 Å². The van der Waals surface area contributed by atoms with Crippen molar-refractivity contribution in [1.29, 1.82) is 0 Å². The van der Waals surface area contributed by atoms with Crippen LogP contribution in [-0.4, -0.2) is 76.3 Å². The molecule has 6 nitrogen and oxygen atoms in total. The lowest BCUT2D eigenvalue weighted by Crippen LogP contribution is -2.44. The fourth-order valence-corrected chi connectivity index (χ4v) is 3.52. The molecule has 0 unspecified atom stereocenters. The molecule has 27 heavy (non-hydrogen) atoms. The van der Waals surface area contributed by atoms with Gasteiger partial charge in [0.1, 0.15) is 0 Å². The molecule has 0 radical (unpaired) electrons. The first-order valence-electron chi connectivity index (χ1n) is 9.86. The highest BCUT2D eigenvalue weighted by atomic mass is 16.5. The van der Waals surface area contributed by atoms with Gasteiger partial charge in [-0.1, -0.05) is 38.1 Å². The van der Waals surface area contributed by atoms with E-state index < -0.39 is 0 Å². The highest BCUT2D eigenvalue weighted by Crippen LogP contribution is 2.15. The molecule has 0 saturated carbocycles. The third kappa shape index (κ3) is 7.87. The van der Waals surface area contributed by atoms with Gasteiger partial charge in [0.05, 0.1) is 13.2 Å². The molecule has 1 saturated heterocycles. The Bertz CT molecular complexity index is 594. The van der Waals surface area contributed by atoms with Gasteiger partial charge in [-0.2, -0.15) is 0 Å². The SMILES string of the molecule is CN=C(NCc1ccccc1CN1CCOCC1)NCC(C)(C)CN(C)C. The van der Waals surface area contributed by atoms with E-state index in [2.05, 4.69) is 77.6 Å². The van der Waals surface area contributed by atoms with Gasteiger partial charge < -0.3 is 20.3 Å². The van der Waals surface area contributed by atoms with Gasteiger partial charge in [0.2, 0.25) is 0 Å². The lowest BCUT2D eigenvalue weighted by Gasteiger charge is -2.29. The molecule has 0 aromatic heterocycles. The van der Waals surface area contributed by atoms with Crippen LogP contribution in [-0.2, 0) is 17.8 Å². The maximum Gasteiger partial charge on any atom is 0.191 e. The molecule has 1 aromatic rings. The minimum atomic E-state index is 0.176. The first-order chi connectivity index (χ1) is 12.9. The van der Waals surface area contributed by atoms with Crippen molar-refractivity contribution in [3.05, 3.63) is 35.4 Å². The van der Waals surface area contributed by atoms with E-state index in [-0.39, 0.29) is 5.41 Å². The minimum absolute atomic E-state index is 0.176. The van der Waals surface area contributed by atoms with Crippen LogP contribution in [0, 0.1) is 5.41 Å². The van der Waals surface area contributed by atoms with Gasteiger partial charge in [-0.15, -0.1) is 0 Å². The lowest BCUT2D eigenvalue weighted by molar-refractivity contribution is 0.0341. The average Bonchev–Trinajstić information content (AvgIpc) is 2.63. The predicted molar refractivity (Wildman–Crippen MR) is 113 cm³/mol. The van der Waals surface area contributed by atoms with Crippen molar-refractivity contribution in [1.82, 2.24) is 20.4 Å². The van der Waals surface area contributed by atoms with Crippen molar-refractivity contribution >= 4 is 5.96 Å². The molecule has 0 atom stereocenters. The number of aliphatic imine (C=N–C) groups is 1. The van der Waals surface area contributed by atoms with Crippen LogP contribution in [0.3, 0.4) is 0 Å². The fraction of sp³-hybridized carbons (Fsp3) is 0.667. The number of benzene rings is 1. The van der Waals surface area contributed by atoms with Crippen molar-refractivity contribution in [3.63, 3.8) is 0 Å². The normalized spacial score (nSPS) is 16.6. The first-order valence-corrected chi connectivity index (χ1v) is 9.86. The molecular weight excluding hydrogens is 338 g/mol. The van der Waals surface area contributed by atoms with Crippen LogP contribution < -0.4 is 10.6 Å². The zero-order valence-corrected chi connectivity index (χ0v) is 17.7. The average molecular weight is 376 g/mol. The summed E-state index contributed by atoms with van der Waals surface area (Å²) in [6.45, 7) is 11.9. The monoisotopic (exact) mass is 375 g/mol. The van der Waals surface area contributed by atoms with E-state index in [0.717, 1.165) is 58.4 Å². The van der Waals surface area contributed by atoms with Crippen molar-refractivity contribution in [2.75, 3.05) is 60.5 Å². The van der Waals surface area contributed by atoms with Gasteiger partial charge in [-0.25, -0.2) is 0 Å². The molecule has 1 aliphatic heterocycles. The largest absolute Gasteiger partial charge is 0.379 e. The van der Waals surface area contributed by atoms with Crippen LogP contribution >= 0.6 is 0 Å². The molecule has 0 aliphatic carbocycles. The number of nitrogens with one attached hydrogen (secondary N) is 2. The molecule has 6 heteroatoms. The Labute approximate surface area is 165 Å². The van der Waals surface area contributed by atoms with Crippen LogP contribution in [0.15, 0.2) is 29.3 Å². The van der Waals surface area contributed by atoms with Gasteiger partial charge in [0.15, 0.2) is 5.96 Å². The highest BCUT2D eigenvalue weighted by Gasteiger charge is 2.19. The van der Waals surface area contributed by atoms with Crippen molar-refractivity contribution in [3.8, 4) is 0 Å². The molecule has 0 spiro atoms. The predicted octanol–water partition coefficient (Wildman–Crippen LogP) is 1.77. The number of guanidine groups is 1. The summed E-state index contributed by atoms with van der Waals surface area (Å²) in [5.41, 5.74) is 2.87. The third-order valence-electron chi connectivity index (χ3n) is 4.76. The Morgan fingerprint density at radius 1 is 1.15 bits per heavy atom. The number of ether oxygens (including phenoxy) is 1. The van der Waals surface area contributed by atoms with E-state index in [1.165, 1.54) is 11.1 Å². The molecule has 2 rings (SSSR count). The van der Waals surface area contributed by atoms with E-state index in [9.17, 15) is 0 Å². The van der Waals surface area contributed by atoms with Gasteiger partial charge in [0, 0.05) is 46.3 Å². The highest BCUT2D eigenvalue weighted by molar-refractivity contribution is 5.79. The minimum Gasteiger partial charge on any atom is -0.379 e. The van der Waals surface area contributed by atoms with E-state index >= 15 is 0 Å². The molecule has 0 amide bonds. The Morgan fingerprint density at radius 3 is 2.44 bits per heavy atom. The molecule has 152 valence electrons. The Morgan fingerprint density at radius 2 is 1.81 bits per heavy atom. The zero-order valence-electron chi connectivity index (χ0n) is 17.7. The Hall–Kier alpha value is -1.63. The van der Waals surface area contributed by atoms with E-state index in [1.54, 1.807) is 0 Å². The van der Waals surface area contributed by atoms with Crippen molar-refractivity contribution in [2.24, 2.45) is 10.4 Å². The van der Waals surface area contributed by atoms with E-state index in [4.69, 9.17) is 4.74 Å². The zero-order chi connectivity index (χ0) is 19.7. The quantitative estimate of drug-likeness (QED) is 0.536. The third-order valence-corrected chi connectivity index (χ3v) is 4.76. The smallest absolute Gasteiger partial charge is 0.191 e. The number of nitrogens with zero attached hydrogens (tertiary/aromatic N) is 3. The summed E-state index contributed by atoms with van der Waals surface area (Å²) in [6.07, 6.45) is 0. The van der Waals surface area contributed by atoms with Crippen LogP contribution in [0.2, 0.25) is 0 Å². The number of hydrogen-bond acceptors (Lipinski definition) is 4. The summed E-state index contributed by atoms with van der Waals surface area (Å²) in [5.74, 6) is 0.850. The molecular formula is C21H37N5O. The topological polar surface area (TPSA) is 52.1 Å². The molecule has 0 bridgehead atoms. The molecule has 1 fully saturated rings. The summed E-state index contributed by atoms with van der Waals surface area (Å²) in [5, 5.41) is 6.94. The number of rotatable bonds is 8. The van der Waals surface area contributed by atoms with Crippen LogP contribution in [0.1, 0.15) is 25.0 Å². The molecule has 1 aliphatic rings. The van der Waals surface area contributed by atoms with Crippen LogP contribution in [0.25, 0.3) is 0 Å². The Balaban J connectivity index is 1.88. The maximum atomic E-state index is 5.46. The van der Waals surface area contributed by atoms with E-state index in [0.29, 0.717) is 0 Å². The first kappa shape index (κ1) is 21.7. The van der Waals surface area contributed by atoms with Gasteiger partial charge in [0.25, 0.3) is 0 Å². The summed E-state index contributed by atoms with van der Waals surface area (Å²) in [6, 6.07) is 8.65. The molecule has 1 heterocycles. The van der Waals surface area contributed by atoms with Crippen LogP contribution in [0.5, 0.6) is 0 Å². The summed E-state index contributed by atoms with van der Waals surface area (Å²) in [7, 11) is 6.05. The second-order valence-electron chi connectivity index (χ2n) is 8.34. The summed E-state index contributed by atoms with van der Waals surface area (Å²) >= 11 is 0. The second-order valence-corrected chi connectivity index (χ2v) is 8.34. The van der Waals surface area contributed by atoms with E-state index in [1.807, 2.05) is 7.05 Å².